The van der Waals surface area contributed by atoms with E-state index in [0.29, 0.717) is 18.9 Å². The molecule has 1 fully saturated rings. The highest BCUT2D eigenvalue weighted by Gasteiger charge is 2.29. The molecule has 0 aromatic rings. The predicted octanol–water partition coefficient (Wildman–Crippen LogP) is 0.459. The zero-order valence-corrected chi connectivity index (χ0v) is 10.5. The third kappa shape index (κ3) is 4.73. The summed E-state index contributed by atoms with van der Waals surface area (Å²) in [7, 11) is 0. The van der Waals surface area contributed by atoms with Crippen LogP contribution in [0.4, 0.5) is 0 Å². The Kier molecular flexibility index (Phi) is 5.41. The predicted molar refractivity (Wildman–Crippen MR) is 64.6 cm³/mol. The maximum Gasteiger partial charge on any atom is 0.303 e. The molecule has 0 aromatic carbocycles. The van der Waals surface area contributed by atoms with E-state index in [-0.39, 0.29) is 24.2 Å². The maximum absolute atomic E-state index is 11.8. The highest BCUT2D eigenvalue weighted by Crippen LogP contribution is 2.15. The summed E-state index contributed by atoms with van der Waals surface area (Å²) < 4.78 is 0. The Morgan fingerprint density at radius 2 is 2.18 bits per heavy atom. The molecule has 3 unspecified atom stereocenters. The van der Waals surface area contributed by atoms with Gasteiger partial charge in [0.15, 0.2) is 0 Å². The third-order valence-corrected chi connectivity index (χ3v) is 3.33. The van der Waals surface area contributed by atoms with Crippen molar-refractivity contribution in [1.29, 1.82) is 0 Å². The summed E-state index contributed by atoms with van der Waals surface area (Å²) in [4.78, 5) is 22.2. The molecule has 3 N–H and O–H groups in total. The first kappa shape index (κ1) is 14.0. The summed E-state index contributed by atoms with van der Waals surface area (Å²) in [5, 5.41) is 14.7. The molecule has 1 heterocycles. The molecule has 1 saturated heterocycles. The molecular weight excluding hydrogens is 220 g/mol. The zero-order valence-electron chi connectivity index (χ0n) is 10.5. The van der Waals surface area contributed by atoms with Crippen LogP contribution in [-0.4, -0.2) is 36.6 Å². The van der Waals surface area contributed by atoms with Crippen LogP contribution in [0.2, 0.25) is 0 Å². The number of carbonyl (C=O) groups is 2. The number of carbonyl (C=O) groups excluding carboxylic acids is 1. The van der Waals surface area contributed by atoms with E-state index in [4.69, 9.17) is 5.11 Å². The molecule has 1 aliphatic heterocycles. The van der Waals surface area contributed by atoms with Crippen molar-refractivity contribution in [1.82, 2.24) is 10.6 Å². The minimum Gasteiger partial charge on any atom is -0.481 e. The highest BCUT2D eigenvalue weighted by atomic mass is 16.4. The quantitative estimate of drug-likeness (QED) is 0.632. The normalized spacial score (nSPS) is 25.5. The van der Waals surface area contributed by atoms with Gasteiger partial charge in [-0.2, -0.15) is 0 Å². The van der Waals surface area contributed by atoms with Gasteiger partial charge in [-0.25, -0.2) is 0 Å². The fourth-order valence-electron chi connectivity index (χ4n) is 2.04. The van der Waals surface area contributed by atoms with Crippen LogP contribution in [0.1, 0.15) is 26.7 Å². The molecule has 0 aliphatic carbocycles. The largest absolute Gasteiger partial charge is 0.481 e. The van der Waals surface area contributed by atoms with Gasteiger partial charge in [0.25, 0.3) is 0 Å². The van der Waals surface area contributed by atoms with Gasteiger partial charge in [-0.1, -0.05) is 13.8 Å². The van der Waals surface area contributed by atoms with Gasteiger partial charge < -0.3 is 15.7 Å². The van der Waals surface area contributed by atoms with Crippen LogP contribution >= 0.6 is 0 Å². The molecule has 0 saturated carbocycles. The number of aliphatic carboxylic acids is 1. The van der Waals surface area contributed by atoms with Crippen molar-refractivity contribution in [3.63, 3.8) is 0 Å². The van der Waals surface area contributed by atoms with Gasteiger partial charge in [0.1, 0.15) is 0 Å². The molecule has 0 radical (unpaired) electrons. The first-order valence-electron chi connectivity index (χ1n) is 6.21. The number of carboxylic acids is 1. The fraction of sp³-hybridized carbons (Fsp3) is 0.833. The number of hydrogen-bond acceptors (Lipinski definition) is 3. The van der Waals surface area contributed by atoms with Gasteiger partial charge in [0.05, 0.1) is 5.92 Å². The van der Waals surface area contributed by atoms with Crippen LogP contribution < -0.4 is 10.6 Å². The maximum atomic E-state index is 11.8. The van der Waals surface area contributed by atoms with Gasteiger partial charge >= 0.3 is 5.97 Å². The summed E-state index contributed by atoms with van der Waals surface area (Å²) in [5.41, 5.74) is 0. The molecule has 0 bridgehead atoms. The van der Waals surface area contributed by atoms with Crippen molar-refractivity contribution in [2.45, 2.75) is 26.7 Å². The first-order chi connectivity index (χ1) is 8.00. The van der Waals surface area contributed by atoms with Gasteiger partial charge in [0.2, 0.25) is 5.91 Å². The lowest BCUT2D eigenvalue weighted by Crippen LogP contribution is -2.36. The van der Waals surface area contributed by atoms with Gasteiger partial charge in [-0.05, 0) is 24.8 Å². The molecule has 5 heteroatoms. The molecular formula is C12H22N2O3. The lowest BCUT2D eigenvalue weighted by Gasteiger charge is -2.16. The monoisotopic (exact) mass is 242 g/mol. The molecule has 1 aliphatic rings. The van der Waals surface area contributed by atoms with E-state index in [9.17, 15) is 9.59 Å². The number of amides is 1. The molecule has 1 rings (SSSR count). The van der Waals surface area contributed by atoms with Gasteiger partial charge in [-0.15, -0.1) is 0 Å². The average molecular weight is 242 g/mol. The average Bonchev–Trinajstić information content (AvgIpc) is 2.69. The Morgan fingerprint density at radius 3 is 2.71 bits per heavy atom. The van der Waals surface area contributed by atoms with Crippen molar-refractivity contribution in [2.24, 2.45) is 17.8 Å². The second kappa shape index (κ2) is 6.59. The zero-order chi connectivity index (χ0) is 12.8. The van der Waals surface area contributed by atoms with Crippen molar-refractivity contribution in [3.8, 4) is 0 Å². The van der Waals surface area contributed by atoms with E-state index in [2.05, 4.69) is 17.6 Å². The topological polar surface area (TPSA) is 78.4 Å². The second-order valence-corrected chi connectivity index (χ2v) is 5.02. The van der Waals surface area contributed by atoms with Crippen LogP contribution in [0.25, 0.3) is 0 Å². The number of hydrogen-bond donors (Lipinski definition) is 3. The van der Waals surface area contributed by atoms with E-state index in [1.165, 1.54) is 0 Å². The van der Waals surface area contributed by atoms with Crippen LogP contribution in [0.15, 0.2) is 0 Å². The molecule has 5 nitrogen and oxygen atoms in total. The van der Waals surface area contributed by atoms with Gasteiger partial charge in [-0.3, -0.25) is 9.59 Å². The summed E-state index contributed by atoms with van der Waals surface area (Å²) in [6.45, 7) is 6.23. The Balaban J connectivity index is 2.21. The van der Waals surface area contributed by atoms with E-state index in [1.807, 2.05) is 6.92 Å². The lowest BCUT2D eigenvalue weighted by atomic mass is 9.97. The Hall–Kier alpha value is -1.10. The summed E-state index contributed by atoms with van der Waals surface area (Å²) in [5.74, 6) is -0.0489. The molecule has 98 valence electrons. The Labute approximate surface area is 102 Å². The van der Waals surface area contributed by atoms with Crippen LogP contribution in [0.3, 0.4) is 0 Å². The molecule has 0 spiro atoms. The van der Waals surface area contributed by atoms with E-state index in [1.54, 1.807) is 0 Å². The van der Waals surface area contributed by atoms with Crippen LogP contribution in [0, 0.1) is 17.8 Å². The van der Waals surface area contributed by atoms with Crippen molar-refractivity contribution >= 4 is 11.9 Å². The second-order valence-electron chi connectivity index (χ2n) is 5.02. The fourth-order valence-corrected chi connectivity index (χ4v) is 2.04. The number of carboxylic acid groups (broad SMARTS) is 1. The molecule has 3 atom stereocenters. The minimum absolute atomic E-state index is 0.0571. The Morgan fingerprint density at radius 1 is 1.47 bits per heavy atom. The van der Waals surface area contributed by atoms with E-state index >= 15 is 0 Å². The third-order valence-electron chi connectivity index (χ3n) is 3.33. The molecule has 1 amide bonds. The summed E-state index contributed by atoms with van der Waals surface area (Å²) in [6.07, 6.45) is 0.770. The standard InChI is InChI=1S/C12H22N2O3/c1-8(3-4-11(15)16)5-14-12(17)10-7-13-6-9(10)2/h8-10,13H,3-7H2,1-2H3,(H,14,17)(H,15,16). The van der Waals surface area contributed by atoms with E-state index < -0.39 is 5.97 Å². The van der Waals surface area contributed by atoms with Crippen molar-refractivity contribution in [2.75, 3.05) is 19.6 Å². The smallest absolute Gasteiger partial charge is 0.303 e. The van der Waals surface area contributed by atoms with Crippen molar-refractivity contribution in [3.05, 3.63) is 0 Å². The Bertz CT molecular complexity index is 281. The highest BCUT2D eigenvalue weighted by molar-refractivity contribution is 5.79. The lowest BCUT2D eigenvalue weighted by molar-refractivity contribution is -0.137. The molecule has 17 heavy (non-hydrogen) atoms. The molecule has 0 aromatic heterocycles. The van der Waals surface area contributed by atoms with Crippen LogP contribution in [-0.2, 0) is 9.59 Å². The van der Waals surface area contributed by atoms with Gasteiger partial charge in [0, 0.05) is 19.5 Å². The summed E-state index contributed by atoms with van der Waals surface area (Å²) in [6, 6.07) is 0. The SMILES string of the molecule is CC(CCC(=O)O)CNC(=O)C1CNCC1C. The van der Waals surface area contributed by atoms with Crippen LogP contribution in [0.5, 0.6) is 0 Å². The van der Waals surface area contributed by atoms with Crippen molar-refractivity contribution < 1.29 is 14.7 Å². The number of nitrogens with one attached hydrogen (secondary N) is 2. The minimum atomic E-state index is -0.781. The number of rotatable bonds is 6. The first-order valence-corrected chi connectivity index (χ1v) is 6.21. The van der Waals surface area contributed by atoms with E-state index in [0.717, 1.165) is 13.1 Å². The summed E-state index contributed by atoms with van der Waals surface area (Å²) >= 11 is 0.